The molecule has 2 heterocycles. The van der Waals surface area contributed by atoms with Crippen LogP contribution in [0.4, 0.5) is 0 Å². The zero-order valence-electron chi connectivity index (χ0n) is 11.4. The van der Waals surface area contributed by atoms with Gasteiger partial charge in [-0.2, -0.15) is 0 Å². The molecule has 0 aliphatic heterocycles. The van der Waals surface area contributed by atoms with E-state index >= 15 is 0 Å². The maximum Gasteiger partial charge on any atom is 0.352 e. The predicted octanol–water partition coefficient (Wildman–Crippen LogP) is 2.53. The van der Waals surface area contributed by atoms with Crippen molar-refractivity contribution in [3.63, 3.8) is 0 Å². The molecule has 2 rings (SSSR count). The minimum atomic E-state index is -0.405. The van der Waals surface area contributed by atoms with E-state index in [0.29, 0.717) is 27.9 Å². The summed E-state index contributed by atoms with van der Waals surface area (Å²) in [6.07, 6.45) is 5.16. The van der Waals surface area contributed by atoms with Gasteiger partial charge >= 0.3 is 5.97 Å². The summed E-state index contributed by atoms with van der Waals surface area (Å²) in [6, 6.07) is 0. The van der Waals surface area contributed by atoms with Crippen molar-refractivity contribution in [2.45, 2.75) is 19.0 Å². The van der Waals surface area contributed by atoms with E-state index in [2.05, 4.69) is 19.6 Å². The van der Waals surface area contributed by atoms with Gasteiger partial charge in [-0.1, -0.05) is 30.1 Å². The van der Waals surface area contributed by atoms with E-state index in [9.17, 15) is 4.79 Å². The minimum Gasteiger partial charge on any atom is -0.461 e. The van der Waals surface area contributed by atoms with Gasteiger partial charge in [-0.25, -0.2) is 14.8 Å². The standard InChI is InChI=1S/C12H14N4O2S2/c1-7(2)6-18-11(17)10-9(15-16-20-10)8-4-13-12(19-3)14-5-8/h4-5,7H,6H2,1-3H3. The molecule has 0 radical (unpaired) electrons. The molecule has 8 heteroatoms. The molecule has 6 nitrogen and oxygen atoms in total. The van der Waals surface area contributed by atoms with Crippen LogP contribution >= 0.6 is 23.3 Å². The summed E-state index contributed by atoms with van der Waals surface area (Å²) in [5.74, 6) is -0.120. The lowest BCUT2D eigenvalue weighted by molar-refractivity contribution is 0.0465. The molecule has 20 heavy (non-hydrogen) atoms. The molecule has 2 aromatic rings. The van der Waals surface area contributed by atoms with Crippen LogP contribution in [0.15, 0.2) is 17.6 Å². The molecule has 0 atom stereocenters. The Kier molecular flexibility index (Phi) is 5.02. The van der Waals surface area contributed by atoms with E-state index in [1.807, 2.05) is 20.1 Å². The molecule has 0 amide bonds. The number of hydrogen-bond donors (Lipinski definition) is 0. The first-order valence-corrected chi connectivity index (χ1v) is 7.97. The Labute approximate surface area is 125 Å². The van der Waals surface area contributed by atoms with Crippen molar-refractivity contribution in [3.05, 3.63) is 17.3 Å². The molecule has 106 valence electrons. The highest BCUT2D eigenvalue weighted by molar-refractivity contribution is 7.98. The molecular formula is C12H14N4O2S2. The largest absolute Gasteiger partial charge is 0.461 e. The first-order chi connectivity index (χ1) is 9.61. The Balaban J connectivity index is 2.20. The first kappa shape index (κ1) is 14.9. The van der Waals surface area contributed by atoms with E-state index in [-0.39, 0.29) is 5.92 Å². The van der Waals surface area contributed by atoms with Crippen LogP contribution in [0.25, 0.3) is 11.3 Å². The third-order valence-corrected chi connectivity index (χ3v) is 3.59. The third kappa shape index (κ3) is 3.51. The fraction of sp³-hybridized carbons (Fsp3) is 0.417. The number of nitrogens with zero attached hydrogens (tertiary/aromatic N) is 4. The van der Waals surface area contributed by atoms with Gasteiger partial charge in [0.25, 0.3) is 0 Å². The summed E-state index contributed by atoms with van der Waals surface area (Å²) >= 11 is 2.47. The smallest absolute Gasteiger partial charge is 0.352 e. The van der Waals surface area contributed by atoms with Crippen molar-refractivity contribution < 1.29 is 9.53 Å². The van der Waals surface area contributed by atoms with Gasteiger partial charge in [0.1, 0.15) is 5.69 Å². The lowest BCUT2D eigenvalue weighted by Crippen LogP contribution is -2.10. The second-order valence-corrected chi connectivity index (χ2v) is 5.93. The molecule has 0 bridgehead atoms. The molecule has 0 saturated carbocycles. The zero-order chi connectivity index (χ0) is 14.5. The maximum atomic E-state index is 12.0. The summed E-state index contributed by atoms with van der Waals surface area (Å²) in [5, 5.41) is 4.64. The summed E-state index contributed by atoms with van der Waals surface area (Å²) in [4.78, 5) is 20.7. The third-order valence-electron chi connectivity index (χ3n) is 2.31. The van der Waals surface area contributed by atoms with Gasteiger partial charge in [-0.3, -0.25) is 0 Å². The minimum absolute atomic E-state index is 0.285. The Morgan fingerprint density at radius 2 is 2.10 bits per heavy atom. The van der Waals surface area contributed by atoms with Gasteiger partial charge in [0.15, 0.2) is 10.0 Å². The Morgan fingerprint density at radius 3 is 2.70 bits per heavy atom. The summed E-state index contributed by atoms with van der Waals surface area (Å²) in [7, 11) is 0. The molecule has 0 unspecified atom stereocenters. The van der Waals surface area contributed by atoms with Crippen molar-refractivity contribution in [1.29, 1.82) is 0 Å². The zero-order valence-corrected chi connectivity index (χ0v) is 13.0. The highest BCUT2D eigenvalue weighted by Gasteiger charge is 2.20. The van der Waals surface area contributed by atoms with Crippen molar-refractivity contribution in [3.8, 4) is 11.3 Å². The maximum absolute atomic E-state index is 12.0. The monoisotopic (exact) mass is 310 g/mol. The van der Waals surface area contributed by atoms with Crippen LogP contribution in [0.3, 0.4) is 0 Å². The van der Waals surface area contributed by atoms with Crippen LogP contribution < -0.4 is 0 Å². The van der Waals surface area contributed by atoms with Crippen LogP contribution in [-0.2, 0) is 4.74 Å². The quantitative estimate of drug-likeness (QED) is 0.477. The molecule has 0 aromatic carbocycles. The van der Waals surface area contributed by atoms with Crippen LogP contribution in [0.1, 0.15) is 23.5 Å². The number of aromatic nitrogens is 4. The Hall–Kier alpha value is -1.54. The van der Waals surface area contributed by atoms with Gasteiger partial charge in [-0.05, 0) is 23.7 Å². The SMILES string of the molecule is CSc1ncc(-c2nnsc2C(=O)OCC(C)C)cn1. The molecule has 0 aliphatic rings. The molecule has 0 N–H and O–H groups in total. The van der Waals surface area contributed by atoms with Gasteiger partial charge in [0, 0.05) is 18.0 Å². The highest BCUT2D eigenvalue weighted by Crippen LogP contribution is 2.24. The number of rotatable bonds is 5. The Bertz CT molecular complexity index is 583. The molecule has 0 saturated heterocycles. The summed E-state index contributed by atoms with van der Waals surface area (Å²) < 4.78 is 9.02. The van der Waals surface area contributed by atoms with E-state index in [1.165, 1.54) is 11.8 Å². The number of ether oxygens (including phenoxy) is 1. The number of esters is 1. The number of thioether (sulfide) groups is 1. The second kappa shape index (κ2) is 6.76. The van der Waals surface area contributed by atoms with Crippen LogP contribution in [0.5, 0.6) is 0 Å². The van der Waals surface area contributed by atoms with E-state index in [4.69, 9.17) is 4.74 Å². The van der Waals surface area contributed by atoms with Gasteiger partial charge in [0.05, 0.1) is 6.61 Å². The lowest BCUT2D eigenvalue weighted by atomic mass is 10.2. The fourth-order valence-corrected chi connectivity index (χ4v) is 2.26. The van der Waals surface area contributed by atoms with Gasteiger partial charge in [0.2, 0.25) is 0 Å². The molecule has 0 spiro atoms. The van der Waals surface area contributed by atoms with E-state index in [1.54, 1.807) is 12.4 Å². The lowest BCUT2D eigenvalue weighted by Gasteiger charge is -2.06. The molecule has 0 fully saturated rings. The fourth-order valence-electron chi connectivity index (χ4n) is 1.37. The second-order valence-electron chi connectivity index (χ2n) is 4.40. The van der Waals surface area contributed by atoms with E-state index in [0.717, 1.165) is 11.5 Å². The Morgan fingerprint density at radius 1 is 1.40 bits per heavy atom. The van der Waals surface area contributed by atoms with Crippen molar-refractivity contribution >= 4 is 29.3 Å². The summed E-state index contributed by atoms with van der Waals surface area (Å²) in [5.41, 5.74) is 1.13. The van der Waals surface area contributed by atoms with Crippen LogP contribution in [0, 0.1) is 5.92 Å². The normalized spacial score (nSPS) is 10.8. The number of carbonyl (C=O) groups is 1. The van der Waals surface area contributed by atoms with Crippen molar-refractivity contribution in [2.75, 3.05) is 12.9 Å². The number of carbonyl (C=O) groups excluding carboxylic acids is 1. The molecule has 0 aliphatic carbocycles. The first-order valence-electron chi connectivity index (χ1n) is 5.97. The predicted molar refractivity (Wildman–Crippen MR) is 77.8 cm³/mol. The van der Waals surface area contributed by atoms with Crippen LogP contribution in [0.2, 0.25) is 0 Å². The topological polar surface area (TPSA) is 77.9 Å². The van der Waals surface area contributed by atoms with Gasteiger partial charge in [-0.15, -0.1) is 5.10 Å². The highest BCUT2D eigenvalue weighted by atomic mass is 32.2. The number of hydrogen-bond acceptors (Lipinski definition) is 8. The molecule has 2 aromatic heterocycles. The molecular weight excluding hydrogens is 296 g/mol. The average Bonchev–Trinajstić information content (AvgIpc) is 2.94. The summed E-state index contributed by atoms with van der Waals surface area (Å²) in [6.45, 7) is 4.33. The van der Waals surface area contributed by atoms with Crippen LogP contribution in [-0.4, -0.2) is 38.4 Å². The average molecular weight is 310 g/mol. The van der Waals surface area contributed by atoms with Crippen molar-refractivity contribution in [2.24, 2.45) is 5.92 Å². The van der Waals surface area contributed by atoms with E-state index < -0.39 is 5.97 Å². The van der Waals surface area contributed by atoms with Crippen molar-refractivity contribution in [1.82, 2.24) is 19.6 Å². The van der Waals surface area contributed by atoms with Gasteiger partial charge < -0.3 is 4.74 Å².